The number of hydrogen-bond donors (Lipinski definition) is 2. The third kappa shape index (κ3) is 4.48. The molecular formula is C19H36N2O2. The molecule has 1 heterocycles. The lowest BCUT2D eigenvalue weighted by molar-refractivity contribution is -0.137. The van der Waals surface area contributed by atoms with Crippen molar-refractivity contribution >= 4 is 5.91 Å². The van der Waals surface area contributed by atoms with Gasteiger partial charge in [-0.15, -0.1) is 0 Å². The summed E-state index contributed by atoms with van der Waals surface area (Å²) in [6.45, 7) is 9.43. The summed E-state index contributed by atoms with van der Waals surface area (Å²) in [6, 6.07) is 0.357. The van der Waals surface area contributed by atoms with Crippen LogP contribution in [0.4, 0.5) is 0 Å². The van der Waals surface area contributed by atoms with Crippen molar-refractivity contribution in [3.05, 3.63) is 0 Å². The number of carbonyl (C=O) groups excluding carboxylic acids is 1. The van der Waals surface area contributed by atoms with Gasteiger partial charge >= 0.3 is 0 Å². The fraction of sp³-hybridized carbons (Fsp3) is 0.947. The first kappa shape index (κ1) is 18.7. The summed E-state index contributed by atoms with van der Waals surface area (Å²) in [7, 11) is 1.70. The summed E-state index contributed by atoms with van der Waals surface area (Å²) in [6.07, 6.45) is 7.73. The van der Waals surface area contributed by atoms with Gasteiger partial charge in [0.25, 0.3) is 0 Å². The van der Waals surface area contributed by atoms with Crippen LogP contribution in [0.1, 0.15) is 65.7 Å². The first-order chi connectivity index (χ1) is 10.9. The van der Waals surface area contributed by atoms with Gasteiger partial charge in [0.05, 0.1) is 12.0 Å². The fourth-order valence-corrected chi connectivity index (χ4v) is 4.26. The molecule has 1 aliphatic carbocycles. The molecule has 1 saturated carbocycles. The zero-order valence-electron chi connectivity index (χ0n) is 15.5. The first-order valence-electron chi connectivity index (χ1n) is 9.44. The second kappa shape index (κ2) is 7.98. The van der Waals surface area contributed by atoms with Crippen LogP contribution in [0.15, 0.2) is 0 Å². The Morgan fingerprint density at radius 3 is 2.35 bits per heavy atom. The lowest BCUT2D eigenvalue weighted by Crippen LogP contribution is -2.53. The van der Waals surface area contributed by atoms with E-state index >= 15 is 0 Å². The third-order valence-corrected chi connectivity index (χ3v) is 6.54. The summed E-state index contributed by atoms with van der Waals surface area (Å²) < 4.78 is 5.38. The highest BCUT2D eigenvalue weighted by Crippen LogP contribution is 2.40. The minimum atomic E-state index is -0.320. The molecule has 1 aliphatic heterocycles. The van der Waals surface area contributed by atoms with Gasteiger partial charge in [0.2, 0.25) is 5.91 Å². The lowest BCUT2D eigenvalue weighted by Gasteiger charge is -2.41. The van der Waals surface area contributed by atoms with Gasteiger partial charge in [0.1, 0.15) is 0 Å². The van der Waals surface area contributed by atoms with E-state index in [4.69, 9.17) is 4.74 Å². The van der Waals surface area contributed by atoms with Crippen molar-refractivity contribution in [2.75, 3.05) is 26.8 Å². The van der Waals surface area contributed by atoms with E-state index in [1.807, 2.05) is 0 Å². The molecule has 2 fully saturated rings. The number of rotatable bonds is 6. The molecule has 0 spiro atoms. The molecule has 4 heteroatoms. The molecule has 1 amide bonds. The Morgan fingerprint density at radius 2 is 1.83 bits per heavy atom. The molecule has 134 valence electrons. The number of nitrogens with one attached hydrogen (secondary N) is 2. The van der Waals surface area contributed by atoms with Gasteiger partial charge in [0, 0.05) is 13.2 Å². The van der Waals surface area contributed by atoms with E-state index in [2.05, 4.69) is 31.4 Å². The highest BCUT2D eigenvalue weighted by Gasteiger charge is 2.41. The van der Waals surface area contributed by atoms with E-state index in [0.29, 0.717) is 18.1 Å². The van der Waals surface area contributed by atoms with E-state index in [9.17, 15) is 4.79 Å². The molecule has 0 aromatic carbocycles. The van der Waals surface area contributed by atoms with Gasteiger partial charge in [0.15, 0.2) is 0 Å². The minimum Gasteiger partial charge on any atom is -0.384 e. The second-order valence-corrected chi connectivity index (χ2v) is 8.33. The molecule has 4 nitrogen and oxygen atoms in total. The van der Waals surface area contributed by atoms with Crippen LogP contribution < -0.4 is 10.6 Å². The number of amides is 1. The zero-order valence-corrected chi connectivity index (χ0v) is 15.5. The normalized spacial score (nSPS) is 28.3. The van der Waals surface area contributed by atoms with Crippen molar-refractivity contribution in [2.24, 2.45) is 16.7 Å². The monoisotopic (exact) mass is 324 g/mol. The van der Waals surface area contributed by atoms with Crippen molar-refractivity contribution in [2.45, 2.75) is 71.8 Å². The molecule has 0 aromatic heterocycles. The maximum Gasteiger partial charge on any atom is 0.228 e. The number of piperidine rings is 1. The van der Waals surface area contributed by atoms with E-state index in [1.165, 1.54) is 19.3 Å². The molecule has 0 bridgehead atoms. The molecule has 2 N–H and O–H groups in total. The Balaban J connectivity index is 1.88. The third-order valence-electron chi connectivity index (χ3n) is 6.54. The van der Waals surface area contributed by atoms with Crippen LogP contribution in [0.2, 0.25) is 0 Å². The topological polar surface area (TPSA) is 50.4 Å². The summed E-state index contributed by atoms with van der Waals surface area (Å²) in [5.41, 5.74) is 0.112. The van der Waals surface area contributed by atoms with Crippen LogP contribution in [0.25, 0.3) is 0 Å². The predicted octanol–water partition coefficient (Wildman–Crippen LogP) is 3.11. The van der Waals surface area contributed by atoms with E-state index < -0.39 is 0 Å². The van der Waals surface area contributed by atoms with Crippen LogP contribution in [-0.2, 0) is 9.53 Å². The van der Waals surface area contributed by atoms with Crippen LogP contribution in [0.3, 0.4) is 0 Å². The highest BCUT2D eigenvalue weighted by atomic mass is 16.5. The molecule has 1 saturated heterocycles. The summed E-state index contributed by atoms with van der Waals surface area (Å²) >= 11 is 0. The van der Waals surface area contributed by atoms with Gasteiger partial charge in [-0.25, -0.2) is 0 Å². The number of methoxy groups -OCH3 is 1. The van der Waals surface area contributed by atoms with E-state index in [-0.39, 0.29) is 11.3 Å². The zero-order chi connectivity index (χ0) is 16.9. The van der Waals surface area contributed by atoms with Crippen LogP contribution in [0, 0.1) is 16.7 Å². The smallest absolute Gasteiger partial charge is 0.228 e. The minimum absolute atomic E-state index is 0.221. The van der Waals surface area contributed by atoms with Gasteiger partial charge in [-0.1, -0.05) is 27.2 Å². The largest absolute Gasteiger partial charge is 0.384 e. The van der Waals surface area contributed by atoms with Crippen LogP contribution in [0.5, 0.6) is 0 Å². The molecule has 0 unspecified atom stereocenters. The fourth-order valence-electron chi connectivity index (χ4n) is 4.26. The Bertz CT molecular complexity index is 375. The standard InChI is InChI=1S/C19H36N2O2/c1-5-18(2,3)15-6-8-16(9-7-15)21-17(22)19(14-23-4)10-12-20-13-11-19/h15-16,20H,5-14H2,1-4H3,(H,21,22). The summed E-state index contributed by atoms with van der Waals surface area (Å²) in [5.74, 6) is 1.02. The Kier molecular flexibility index (Phi) is 6.49. The average Bonchev–Trinajstić information content (AvgIpc) is 2.56. The second-order valence-electron chi connectivity index (χ2n) is 8.33. The number of hydrogen-bond acceptors (Lipinski definition) is 3. The van der Waals surface area contributed by atoms with Crippen molar-refractivity contribution < 1.29 is 9.53 Å². The summed E-state index contributed by atoms with van der Waals surface area (Å²) in [4.78, 5) is 12.9. The quantitative estimate of drug-likeness (QED) is 0.789. The molecule has 2 aliphatic rings. The SMILES string of the molecule is CCC(C)(C)C1CCC(NC(=O)C2(COC)CCNCC2)CC1. The average molecular weight is 325 g/mol. The number of carbonyl (C=O) groups is 1. The van der Waals surface area contributed by atoms with E-state index in [0.717, 1.165) is 44.7 Å². The van der Waals surface area contributed by atoms with Crippen molar-refractivity contribution in [1.82, 2.24) is 10.6 Å². The van der Waals surface area contributed by atoms with Crippen LogP contribution in [-0.4, -0.2) is 38.8 Å². The molecule has 2 rings (SSSR count). The Morgan fingerprint density at radius 1 is 1.22 bits per heavy atom. The maximum absolute atomic E-state index is 12.9. The first-order valence-corrected chi connectivity index (χ1v) is 9.44. The van der Waals surface area contributed by atoms with Gasteiger partial charge in [-0.3, -0.25) is 4.79 Å². The van der Waals surface area contributed by atoms with Gasteiger partial charge in [-0.05, 0) is 62.9 Å². The van der Waals surface area contributed by atoms with E-state index in [1.54, 1.807) is 7.11 Å². The lowest BCUT2D eigenvalue weighted by atomic mass is 9.68. The molecule has 23 heavy (non-hydrogen) atoms. The van der Waals surface area contributed by atoms with Crippen molar-refractivity contribution in [3.8, 4) is 0 Å². The number of ether oxygens (including phenoxy) is 1. The van der Waals surface area contributed by atoms with Crippen LogP contribution >= 0.6 is 0 Å². The molecule has 0 atom stereocenters. The highest BCUT2D eigenvalue weighted by molar-refractivity contribution is 5.83. The molecular weight excluding hydrogens is 288 g/mol. The predicted molar refractivity (Wildman–Crippen MR) is 94.4 cm³/mol. The van der Waals surface area contributed by atoms with Crippen molar-refractivity contribution in [3.63, 3.8) is 0 Å². The van der Waals surface area contributed by atoms with Gasteiger partial charge < -0.3 is 15.4 Å². The van der Waals surface area contributed by atoms with Gasteiger partial charge in [-0.2, -0.15) is 0 Å². The molecule has 0 radical (unpaired) electrons. The van der Waals surface area contributed by atoms with Crippen molar-refractivity contribution in [1.29, 1.82) is 0 Å². The Labute approximate surface area is 142 Å². The maximum atomic E-state index is 12.9. The Hall–Kier alpha value is -0.610. The molecule has 0 aromatic rings. The summed E-state index contributed by atoms with van der Waals surface area (Å²) in [5, 5.41) is 6.71.